The molecule has 6 heteroatoms. The molecule has 0 saturated carbocycles. The molecule has 166 valence electrons. The van der Waals surface area contributed by atoms with Gasteiger partial charge in [0.2, 0.25) is 5.95 Å². The van der Waals surface area contributed by atoms with E-state index in [-0.39, 0.29) is 23.1 Å². The van der Waals surface area contributed by atoms with Gasteiger partial charge in [-0.05, 0) is 30.2 Å². The maximum Gasteiger partial charge on any atom is 0.225 e. The highest BCUT2D eigenvalue weighted by Gasteiger charge is 2.49. The fourth-order valence-electron chi connectivity index (χ4n) is 4.38. The molecule has 2 saturated heterocycles. The first-order valence-corrected chi connectivity index (χ1v) is 11.0. The number of hydrogen-bond donors (Lipinski definition) is 0. The summed E-state index contributed by atoms with van der Waals surface area (Å²) in [6, 6.07) is 16.6. The molecule has 5 nitrogen and oxygen atoms in total. The summed E-state index contributed by atoms with van der Waals surface area (Å²) in [6.45, 7) is 9.87. The molecule has 0 unspecified atom stereocenters. The van der Waals surface area contributed by atoms with Gasteiger partial charge in [-0.1, -0.05) is 55.8 Å². The number of rotatable bonds is 6. The van der Waals surface area contributed by atoms with Gasteiger partial charge in [-0.2, -0.15) is 0 Å². The van der Waals surface area contributed by atoms with Crippen molar-refractivity contribution in [2.45, 2.75) is 32.8 Å². The lowest BCUT2D eigenvalue weighted by molar-refractivity contribution is -0.127. The lowest BCUT2D eigenvalue weighted by atomic mass is 9.78. The predicted molar refractivity (Wildman–Crippen MR) is 122 cm³/mol. The summed E-state index contributed by atoms with van der Waals surface area (Å²) in [5.41, 5.74) is 4.09. The summed E-state index contributed by atoms with van der Waals surface area (Å²) in [6.07, 6.45) is 1.23. The monoisotopic (exact) mass is 433 g/mol. The van der Waals surface area contributed by atoms with Gasteiger partial charge in [0.15, 0.2) is 5.82 Å². The molecule has 0 N–H and O–H groups in total. The standard InChI is InChI=1S/C26H28FN3O2/c1-18-4-6-19(7-5-18)25(2,3)20-8-10-21(11-9-20)32-13-23-22(27)12-28-24(29-23)30-14-26(15-30)16-31-17-26/h4-12H,13-17H2,1-3H3. The molecule has 2 aliphatic heterocycles. The van der Waals surface area contributed by atoms with Gasteiger partial charge in [0.25, 0.3) is 0 Å². The van der Waals surface area contributed by atoms with Gasteiger partial charge in [0, 0.05) is 18.5 Å². The Morgan fingerprint density at radius 3 is 2.25 bits per heavy atom. The highest BCUT2D eigenvalue weighted by Crippen LogP contribution is 2.39. The van der Waals surface area contributed by atoms with Crippen molar-refractivity contribution in [1.82, 2.24) is 9.97 Å². The molecule has 3 aromatic rings. The van der Waals surface area contributed by atoms with Crippen LogP contribution in [0.2, 0.25) is 0 Å². The van der Waals surface area contributed by atoms with E-state index < -0.39 is 5.82 Å². The smallest absolute Gasteiger partial charge is 0.225 e. The Morgan fingerprint density at radius 2 is 1.66 bits per heavy atom. The molecule has 2 aromatic carbocycles. The van der Waals surface area contributed by atoms with Crippen LogP contribution in [0.1, 0.15) is 36.2 Å². The fraction of sp³-hybridized carbons (Fsp3) is 0.385. The summed E-state index contributed by atoms with van der Waals surface area (Å²) in [4.78, 5) is 10.6. The van der Waals surface area contributed by atoms with Crippen LogP contribution in [0.25, 0.3) is 0 Å². The van der Waals surface area contributed by atoms with Gasteiger partial charge >= 0.3 is 0 Å². The molecule has 3 heterocycles. The maximum absolute atomic E-state index is 14.3. The zero-order valence-electron chi connectivity index (χ0n) is 18.8. The molecule has 0 atom stereocenters. The van der Waals surface area contributed by atoms with Crippen LogP contribution in [0.3, 0.4) is 0 Å². The van der Waals surface area contributed by atoms with Crippen LogP contribution in [-0.4, -0.2) is 36.3 Å². The SMILES string of the molecule is Cc1ccc(C(C)(C)c2ccc(OCc3nc(N4CC5(COC5)C4)ncc3F)cc2)cc1. The number of benzene rings is 2. The van der Waals surface area contributed by atoms with E-state index in [4.69, 9.17) is 9.47 Å². The van der Waals surface area contributed by atoms with Gasteiger partial charge in [0.1, 0.15) is 18.1 Å². The van der Waals surface area contributed by atoms with Crippen molar-refractivity contribution in [1.29, 1.82) is 0 Å². The molecule has 32 heavy (non-hydrogen) atoms. The van der Waals surface area contributed by atoms with Crippen molar-refractivity contribution in [3.05, 3.63) is 82.9 Å². The van der Waals surface area contributed by atoms with Crippen LogP contribution in [-0.2, 0) is 16.8 Å². The molecule has 1 spiro atoms. The Morgan fingerprint density at radius 1 is 1.03 bits per heavy atom. The lowest BCUT2D eigenvalue weighted by Crippen LogP contribution is -2.66. The molecule has 2 fully saturated rings. The van der Waals surface area contributed by atoms with Crippen molar-refractivity contribution < 1.29 is 13.9 Å². The van der Waals surface area contributed by atoms with E-state index in [2.05, 4.69) is 72.0 Å². The third-order valence-corrected chi connectivity index (χ3v) is 6.68. The van der Waals surface area contributed by atoms with Gasteiger partial charge in [-0.25, -0.2) is 14.4 Å². The second-order valence-corrected chi connectivity index (χ2v) is 9.62. The number of halogens is 1. The maximum atomic E-state index is 14.3. The van der Waals surface area contributed by atoms with Crippen LogP contribution in [0.4, 0.5) is 10.3 Å². The van der Waals surface area contributed by atoms with Gasteiger partial charge < -0.3 is 14.4 Å². The van der Waals surface area contributed by atoms with E-state index in [1.165, 1.54) is 22.9 Å². The highest BCUT2D eigenvalue weighted by molar-refractivity contribution is 5.41. The Balaban J connectivity index is 1.24. The topological polar surface area (TPSA) is 47.5 Å². The third-order valence-electron chi connectivity index (χ3n) is 6.68. The van der Waals surface area contributed by atoms with Crippen molar-refractivity contribution in [3.63, 3.8) is 0 Å². The first-order valence-electron chi connectivity index (χ1n) is 11.0. The minimum Gasteiger partial charge on any atom is -0.487 e. The van der Waals surface area contributed by atoms with Crippen molar-refractivity contribution in [2.75, 3.05) is 31.2 Å². The minimum absolute atomic E-state index is 0.0597. The Kier molecular flexibility index (Phi) is 5.13. The Hall–Kier alpha value is -2.99. The van der Waals surface area contributed by atoms with Crippen LogP contribution < -0.4 is 9.64 Å². The molecule has 1 aromatic heterocycles. The van der Waals surface area contributed by atoms with Crippen LogP contribution >= 0.6 is 0 Å². The summed E-state index contributed by atoms with van der Waals surface area (Å²) >= 11 is 0. The second kappa shape index (κ2) is 7.85. The second-order valence-electron chi connectivity index (χ2n) is 9.62. The van der Waals surface area contributed by atoms with E-state index in [1.807, 2.05) is 12.1 Å². The number of anilines is 1. The lowest BCUT2D eigenvalue weighted by Gasteiger charge is -2.54. The molecule has 0 bridgehead atoms. The predicted octanol–water partition coefficient (Wildman–Crippen LogP) is 4.67. The van der Waals surface area contributed by atoms with E-state index >= 15 is 0 Å². The summed E-state index contributed by atoms with van der Waals surface area (Å²) in [7, 11) is 0. The average Bonchev–Trinajstić information content (AvgIpc) is 2.72. The normalized spacial score (nSPS) is 17.1. The number of nitrogens with zero attached hydrogens (tertiary/aromatic N) is 3. The summed E-state index contributed by atoms with van der Waals surface area (Å²) in [5, 5.41) is 0. The van der Waals surface area contributed by atoms with Crippen LogP contribution in [0, 0.1) is 18.2 Å². The van der Waals surface area contributed by atoms with E-state index in [0.29, 0.717) is 11.7 Å². The van der Waals surface area contributed by atoms with Crippen LogP contribution in [0.15, 0.2) is 54.7 Å². The van der Waals surface area contributed by atoms with Gasteiger partial charge in [-0.15, -0.1) is 0 Å². The third kappa shape index (κ3) is 3.84. The number of ether oxygens (including phenoxy) is 2. The quantitative estimate of drug-likeness (QED) is 0.566. The number of aryl methyl sites for hydroxylation is 1. The number of hydrogen-bond acceptors (Lipinski definition) is 5. The Bertz CT molecular complexity index is 1100. The summed E-state index contributed by atoms with van der Waals surface area (Å²) < 4.78 is 25.4. The van der Waals surface area contributed by atoms with E-state index in [9.17, 15) is 4.39 Å². The van der Waals surface area contributed by atoms with E-state index in [0.717, 1.165) is 26.3 Å². The molecular weight excluding hydrogens is 405 g/mol. The molecule has 0 radical (unpaired) electrons. The highest BCUT2D eigenvalue weighted by atomic mass is 19.1. The van der Waals surface area contributed by atoms with Crippen molar-refractivity contribution in [3.8, 4) is 5.75 Å². The molecule has 5 rings (SSSR count). The summed E-state index contributed by atoms with van der Waals surface area (Å²) in [5.74, 6) is 0.786. The zero-order chi connectivity index (χ0) is 22.3. The molecule has 2 aliphatic rings. The Labute approximate surface area is 188 Å². The average molecular weight is 434 g/mol. The largest absolute Gasteiger partial charge is 0.487 e. The first-order chi connectivity index (χ1) is 15.3. The fourth-order valence-corrected chi connectivity index (χ4v) is 4.38. The van der Waals surface area contributed by atoms with Gasteiger partial charge in [0.05, 0.1) is 24.8 Å². The van der Waals surface area contributed by atoms with Gasteiger partial charge in [-0.3, -0.25) is 0 Å². The van der Waals surface area contributed by atoms with Crippen molar-refractivity contribution >= 4 is 5.95 Å². The molecular formula is C26H28FN3O2. The minimum atomic E-state index is -0.451. The first kappa shape index (κ1) is 20.9. The van der Waals surface area contributed by atoms with Crippen molar-refractivity contribution in [2.24, 2.45) is 5.41 Å². The zero-order valence-corrected chi connectivity index (χ0v) is 18.8. The number of aromatic nitrogens is 2. The molecule has 0 amide bonds. The molecule has 0 aliphatic carbocycles. The van der Waals surface area contributed by atoms with Crippen LogP contribution in [0.5, 0.6) is 5.75 Å². The van der Waals surface area contributed by atoms with E-state index in [1.54, 1.807) is 0 Å².